The first-order chi connectivity index (χ1) is 7.65. The van der Waals surface area contributed by atoms with E-state index in [1.165, 1.54) is 0 Å². The minimum Gasteiger partial charge on any atom is -0.481 e. The summed E-state index contributed by atoms with van der Waals surface area (Å²) in [4.78, 5) is 21.5. The number of carboxylic acid groups (broad SMARTS) is 2. The molecule has 2 unspecified atom stereocenters. The second-order valence-electron chi connectivity index (χ2n) is 5.06. The highest BCUT2D eigenvalue weighted by Crippen LogP contribution is 2.10. The number of ether oxygens (including phenoxy) is 1. The minimum absolute atomic E-state index is 0.181. The smallest absolute Gasteiger partial charge is 0.332 e. The van der Waals surface area contributed by atoms with Gasteiger partial charge in [-0.25, -0.2) is 4.79 Å². The summed E-state index contributed by atoms with van der Waals surface area (Å²) in [6, 6.07) is 0. The topological polar surface area (TPSA) is 83.8 Å². The Balaban J connectivity index is 4.57. The predicted octanol–water partition coefficient (Wildman–Crippen LogP) is 0.416. The predicted molar refractivity (Wildman–Crippen MR) is 61.7 cm³/mol. The first kappa shape index (κ1) is 15.9. The second kappa shape index (κ2) is 6.56. The molecular formula is C11H22NO5+. The summed E-state index contributed by atoms with van der Waals surface area (Å²) >= 11 is 0. The lowest BCUT2D eigenvalue weighted by Gasteiger charge is -2.29. The average Bonchev–Trinajstić information content (AvgIpc) is 2.09. The van der Waals surface area contributed by atoms with E-state index >= 15 is 0 Å². The van der Waals surface area contributed by atoms with Crippen LogP contribution in [-0.4, -0.2) is 66.5 Å². The van der Waals surface area contributed by atoms with Gasteiger partial charge in [0.15, 0.2) is 6.10 Å². The van der Waals surface area contributed by atoms with E-state index in [4.69, 9.17) is 14.9 Å². The quantitative estimate of drug-likeness (QED) is 0.608. The lowest BCUT2D eigenvalue weighted by molar-refractivity contribution is -0.873. The molecule has 0 aromatic carbocycles. The number of carboxylic acids is 2. The fourth-order valence-corrected chi connectivity index (χ4v) is 1.52. The van der Waals surface area contributed by atoms with Crippen molar-refractivity contribution in [1.82, 2.24) is 0 Å². The van der Waals surface area contributed by atoms with Crippen molar-refractivity contribution in [1.29, 1.82) is 0 Å². The van der Waals surface area contributed by atoms with E-state index in [9.17, 15) is 9.59 Å². The summed E-state index contributed by atoms with van der Waals surface area (Å²) < 4.78 is 5.87. The highest BCUT2D eigenvalue weighted by atomic mass is 16.5. The van der Waals surface area contributed by atoms with Gasteiger partial charge in [-0.2, -0.15) is 0 Å². The maximum absolute atomic E-state index is 10.8. The summed E-state index contributed by atoms with van der Waals surface area (Å²) in [5, 5.41) is 17.6. The van der Waals surface area contributed by atoms with Gasteiger partial charge < -0.3 is 19.4 Å². The molecule has 0 aliphatic rings. The van der Waals surface area contributed by atoms with Crippen molar-refractivity contribution in [2.24, 2.45) is 0 Å². The molecule has 17 heavy (non-hydrogen) atoms. The maximum Gasteiger partial charge on any atom is 0.332 e. The molecule has 0 saturated heterocycles. The number of nitrogens with zero attached hydrogens (tertiary/aromatic N) is 1. The van der Waals surface area contributed by atoms with E-state index in [-0.39, 0.29) is 6.42 Å². The maximum atomic E-state index is 10.8. The molecule has 0 aliphatic carbocycles. The summed E-state index contributed by atoms with van der Waals surface area (Å²) in [6.45, 7) is 2.15. The van der Waals surface area contributed by atoms with Crippen molar-refractivity contribution in [2.45, 2.75) is 32.0 Å². The number of hydrogen-bond donors (Lipinski definition) is 2. The zero-order valence-corrected chi connectivity index (χ0v) is 10.8. The van der Waals surface area contributed by atoms with E-state index in [1.807, 2.05) is 21.1 Å². The molecule has 0 bridgehead atoms. The van der Waals surface area contributed by atoms with Gasteiger partial charge in [0.25, 0.3) is 0 Å². The Kier molecular flexibility index (Phi) is 6.12. The van der Waals surface area contributed by atoms with Crippen LogP contribution < -0.4 is 0 Å². The number of quaternary nitrogens is 1. The molecule has 0 spiro atoms. The fourth-order valence-electron chi connectivity index (χ4n) is 1.52. The molecule has 0 aliphatic heterocycles. The third-order valence-electron chi connectivity index (χ3n) is 2.16. The van der Waals surface area contributed by atoms with E-state index in [0.29, 0.717) is 17.4 Å². The monoisotopic (exact) mass is 248 g/mol. The number of hydrogen-bond acceptors (Lipinski definition) is 3. The van der Waals surface area contributed by atoms with Gasteiger partial charge in [-0.15, -0.1) is 0 Å². The van der Waals surface area contributed by atoms with E-state index in [0.717, 1.165) is 0 Å². The minimum atomic E-state index is -1.05. The first-order valence-electron chi connectivity index (χ1n) is 5.56. The summed E-state index contributed by atoms with van der Waals surface area (Å²) in [7, 11) is 5.71. The molecule has 0 aromatic heterocycles. The van der Waals surface area contributed by atoms with Crippen LogP contribution in [-0.2, 0) is 14.3 Å². The SMILES string of the molecule is CCC(OC(CC(=O)O)C[N+](C)(C)C)C(=O)O. The normalized spacial score (nSPS) is 15.3. The Morgan fingerprint density at radius 3 is 2.06 bits per heavy atom. The van der Waals surface area contributed by atoms with Gasteiger partial charge >= 0.3 is 11.9 Å². The molecule has 0 aromatic rings. The molecule has 0 saturated carbocycles. The van der Waals surface area contributed by atoms with Crippen LogP contribution >= 0.6 is 0 Å². The van der Waals surface area contributed by atoms with Crippen molar-refractivity contribution in [3.05, 3.63) is 0 Å². The molecule has 100 valence electrons. The van der Waals surface area contributed by atoms with Crippen LogP contribution in [0.2, 0.25) is 0 Å². The Morgan fingerprint density at radius 1 is 1.24 bits per heavy atom. The summed E-state index contributed by atoms with van der Waals surface area (Å²) in [6.07, 6.45) is -1.39. The van der Waals surface area contributed by atoms with E-state index in [2.05, 4.69) is 0 Å². The molecule has 6 nitrogen and oxygen atoms in total. The first-order valence-corrected chi connectivity index (χ1v) is 5.56. The van der Waals surface area contributed by atoms with Crippen LogP contribution in [0.4, 0.5) is 0 Å². The molecular weight excluding hydrogens is 226 g/mol. The molecule has 0 heterocycles. The number of likely N-dealkylation sites (N-methyl/N-ethyl adjacent to an activating group) is 1. The van der Waals surface area contributed by atoms with Crippen LogP contribution in [0.15, 0.2) is 0 Å². The number of carbonyl (C=O) groups is 2. The van der Waals surface area contributed by atoms with Gasteiger partial charge in [-0.3, -0.25) is 4.79 Å². The molecule has 0 rings (SSSR count). The summed E-state index contributed by atoms with van der Waals surface area (Å²) in [5.74, 6) is -2.03. The Morgan fingerprint density at radius 2 is 1.76 bits per heavy atom. The molecule has 0 radical (unpaired) electrons. The van der Waals surface area contributed by atoms with Gasteiger partial charge in [-0.1, -0.05) is 6.92 Å². The van der Waals surface area contributed by atoms with Crippen LogP contribution in [0.5, 0.6) is 0 Å². The zero-order chi connectivity index (χ0) is 13.6. The van der Waals surface area contributed by atoms with Crippen LogP contribution in [0, 0.1) is 0 Å². The van der Waals surface area contributed by atoms with Gasteiger partial charge in [0.2, 0.25) is 0 Å². The highest BCUT2D eigenvalue weighted by molar-refractivity contribution is 5.72. The number of rotatable bonds is 8. The Bertz CT molecular complexity index is 272. The van der Waals surface area contributed by atoms with E-state index in [1.54, 1.807) is 6.92 Å². The van der Waals surface area contributed by atoms with Crippen molar-refractivity contribution < 1.29 is 29.0 Å². The van der Waals surface area contributed by atoms with Gasteiger partial charge in [-0.05, 0) is 6.42 Å². The van der Waals surface area contributed by atoms with Crippen molar-refractivity contribution >= 4 is 11.9 Å². The fraction of sp³-hybridized carbons (Fsp3) is 0.818. The van der Waals surface area contributed by atoms with Crippen LogP contribution in [0.1, 0.15) is 19.8 Å². The zero-order valence-electron chi connectivity index (χ0n) is 10.8. The van der Waals surface area contributed by atoms with E-state index < -0.39 is 24.1 Å². The molecule has 2 atom stereocenters. The van der Waals surface area contributed by atoms with Crippen molar-refractivity contribution in [2.75, 3.05) is 27.7 Å². The molecule has 6 heteroatoms. The standard InChI is InChI=1S/C11H21NO5/c1-5-9(11(15)16)17-8(6-10(13)14)7-12(2,3)4/h8-9H,5-7H2,1-4H3,(H-,13,14,15,16)/p+1. The average molecular weight is 248 g/mol. The van der Waals surface area contributed by atoms with Gasteiger partial charge in [0.1, 0.15) is 12.6 Å². The molecule has 0 fully saturated rings. The van der Waals surface area contributed by atoms with Gasteiger partial charge in [0.05, 0.1) is 27.6 Å². The molecule has 2 N–H and O–H groups in total. The lowest BCUT2D eigenvalue weighted by atomic mass is 10.2. The van der Waals surface area contributed by atoms with Crippen molar-refractivity contribution in [3.63, 3.8) is 0 Å². The molecule has 0 amide bonds. The van der Waals surface area contributed by atoms with Gasteiger partial charge in [0, 0.05) is 0 Å². The Hall–Kier alpha value is -1.14. The largest absolute Gasteiger partial charge is 0.481 e. The lowest BCUT2D eigenvalue weighted by Crippen LogP contribution is -2.45. The van der Waals surface area contributed by atoms with Crippen LogP contribution in [0.25, 0.3) is 0 Å². The second-order valence-corrected chi connectivity index (χ2v) is 5.06. The third-order valence-corrected chi connectivity index (χ3v) is 2.16. The van der Waals surface area contributed by atoms with Crippen LogP contribution in [0.3, 0.4) is 0 Å². The number of aliphatic carboxylic acids is 2. The third kappa shape index (κ3) is 7.70. The summed E-state index contributed by atoms with van der Waals surface area (Å²) in [5.41, 5.74) is 0. The Labute approximate surface area is 101 Å². The van der Waals surface area contributed by atoms with Crippen molar-refractivity contribution in [3.8, 4) is 0 Å². The highest BCUT2D eigenvalue weighted by Gasteiger charge is 2.27.